The molecule has 5 nitrogen and oxygen atoms in total. The topological polar surface area (TPSA) is 63.6 Å². The van der Waals surface area contributed by atoms with E-state index in [-0.39, 0.29) is 5.91 Å². The average molecular weight is 311 g/mol. The molecular formula is C16H13N3O2S. The Morgan fingerprint density at radius 1 is 1.27 bits per heavy atom. The van der Waals surface area contributed by atoms with E-state index in [0.717, 1.165) is 20.7 Å². The maximum atomic E-state index is 11.9. The normalized spacial score (nSPS) is 11.0. The molecule has 0 saturated carbocycles. The van der Waals surface area contributed by atoms with Crippen molar-refractivity contribution in [3.8, 4) is 5.75 Å². The molecule has 0 unspecified atom stereocenters. The number of hydrazone groups is 1. The number of carbonyl (C=O) groups is 1. The first-order valence-electron chi connectivity index (χ1n) is 6.58. The number of nitrogens with one attached hydrogen (secondary N) is 1. The summed E-state index contributed by atoms with van der Waals surface area (Å²) in [6, 6.07) is 11.2. The Balaban J connectivity index is 1.80. The maximum absolute atomic E-state index is 11.9. The van der Waals surface area contributed by atoms with Gasteiger partial charge in [-0.05, 0) is 24.3 Å². The Kier molecular flexibility index (Phi) is 4.11. The Bertz CT molecular complexity index is 828. The molecule has 110 valence electrons. The van der Waals surface area contributed by atoms with Gasteiger partial charge in [-0.2, -0.15) is 5.10 Å². The van der Waals surface area contributed by atoms with Crippen molar-refractivity contribution in [2.45, 2.75) is 0 Å². The molecule has 0 fully saturated rings. The second-order valence-corrected chi connectivity index (χ2v) is 5.51. The maximum Gasteiger partial charge on any atom is 0.271 e. The van der Waals surface area contributed by atoms with Crippen molar-refractivity contribution < 1.29 is 9.53 Å². The zero-order chi connectivity index (χ0) is 15.4. The summed E-state index contributed by atoms with van der Waals surface area (Å²) in [5.74, 6) is 0.487. The van der Waals surface area contributed by atoms with E-state index in [9.17, 15) is 4.79 Å². The summed E-state index contributed by atoms with van der Waals surface area (Å²) in [6.45, 7) is 0. The number of aromatic nitrogens is 1. The number of pyridine rings is 1. The summed E-state index contributed by atoms with van der Waals surface area (Å²) in [7, 11) is 1.63. The minimum Gasteiger partial charge on any atom is -0.495 e. The van der Waals surface area contributed by atoms with Crippen LogP contribution in [0.25, 0.3) is 10.1 Å². The van der Waals surface area contributed by atoms with E-state index in [1.54, 1.807) is 49.2 Å². The number of methoxy groups -OCH3 is 1. The summed E-state index contributed by atoms with van der Waals surface area (Å²) in [5.41, 5.74) is 3.01. The summed E-state index contributed by atoms with van der Waals surface area (Å²) >= 11 is 1.56. The standard InChI is InChI=1S/C16H13N3O2S/c1-21-15-12-4-2-3-5-13(12)22-14(15)10-18-19-16(20)11-6-8-17-9-7-11/h2-10H,1H3,(H,19,20)/b18-10+. The monoisotopic (exact) mass is 311 g/mol. The molecule has 1 amide bonds. The molecule has 0 radical (unpaired) electrons. The zero-order valence-electron chi connectivity index (χ0n) is 11.8. The van der Waals surface area contributed by atoms with Crippen LogP contribution in [0.3, 0.4) is 0 Å². The summed E-state index contributed by atoms with van der Waals surface area (Å²) in [4.78, 5) is 16.6. The van der Waals surface area contributed by atoms with E-state index in [4.69, 9.17) is 4.74 Å². The molecule has 0 aliphatic rings. The molecule has 6 heteroatoms. The van der Waals surface area contributed by atoms with Gasteiger partial charge in [0.1, 0.15) is 5.75 Å². The van der Waals surface area contributed by atoms with Crippen LogP contribution in [0.5, 0.6) is 5.75 Å². The van der Waals surface area contributed by atoms with Gasteiger partial charge >= 0.3 is 0 Å². The molecule has 0 aliphatic heterocycles. The van der Waals surface area contributed by atoms with Crippen molar-refractivity contribution >= 4 is 33.5 Å². The van der Waals surface area contributed by atoms with Gasteiger partial charge in [-0.1, -0.05) is 12.1 Å². The predicted molar refractivity (Wildman–Crippen MR) is 87.7 cm³/mol. The van der Waals surface area contributed by atoms with Crippen LogP contribution in [0.15, 0.2) is 53.9 Å². The number of hydrogen-bond acceptors (Lipinski definition) is 5. The molecule has 0 atom stereocenters. The largest absolute Gasteiger partial charge is 0.495 e. The Labute approximate surface area is 131 Å². The Hall–Kier alpha value is -2.73. The van der Waals surface area contributed by atoms with Crippen LogP contribution in [0.2, 0.25) is 0 Å². The summed E-state index contributed by atoms with van der Waals surface area (Å²) < 4.78 is 6.55. The lowest BCUT2D eigenvalue weighted by Crippen LogP contribution is -2.17. The van der Waals surface area contributed by atoms with E-state index in [0.29, 0.717) is 5.56 Å². The van der Waals surface area contributed by atoms with Crippen LogP contribution in [0.1, 0.15) is 15.2 Å². The highest BCUT2D eigenvalue weighted by molar-refractivity contribution is 7.21. The van der Waals surface area contributed by atoms with Crippen LogP contribution in [0, 0.1) is 0 Å². The van der Waals surface area contributed by atoms with Gasteiger partial charge < -0.3 is 4.74 Å². The van der Waals surface area contributed by atoms with Crippen LogP contribution < -0.4 is 10.2 Å². The minimum absolute atomic E-state index is 0.279. The number of thiophene rings is 1. The lowest BCUT2D eigenvalue weighted by molar-refractivity contribution is 0.0955. The lowest BCUT2D eigenvalue weighted by Gasteiger charge is -2.00. The van der Waals surface area contributed by atoms with Crippen molar-refractivity contribution in [1.29, 1.82) is 0 Å². The number of hydrogen-bond donors (Lipinski definition) is 1. The Morgan fingerprint density at radius 3 is 2.82 bits per heavy atom. The smallest absolute Gasteiger partial charge is 0.271 e. The molecule has 3 aromatic rings. The van der Waals surface area contributed by atoms with Gasteiger partial charge in [0.25, 0.3) is 5.91 Å². The third-order valence-electron chi connectivity index (χ3n) is 3.07. The highest BCUT2D eigenvalue weighted by Crippen LogP contribution is 2.36. The van der Waals surface area contributed by atoms with Crippen molar-refractivity contribution in [3.05, 3.63) is 59.2 Å². The number of carbonyl (C=O) groups excluding carboxylic acids is 1. The molecule has 1 aromatic carbocycles. The van der Waals surface area contributed by atoms with Gasteiger partial charge in [-0.25, -0.2) is 5.43 Å². The van der Waals surface area contributed by atoms with Crippen LogP contribution >= 0.6 is 11.3 Å². The molecule has 1 N–H and O–H groups in total. The quantitative estimate of drug-likeness (QED) is 0.595. The number of fused-ring (bicyclic) bond motifs is 1. The van der Waals surface area contributed by atoms with Crippen molar-refractivity contribution in [2.75, 3.05) is 7.11 Å². The molecule has 0 saturated heterocycles. The van der Waals surface area contributed by atoms with E-state index in [2.05, 4.69) is 15.5 Å². The molecule has 0 bridgehead atoms. The summed E-state index contributed by atoms with van der Waals surface area (Å²) in [5, 5.41) is 5.05. The van der Waals surface area contributed by atoms with Gasteiger partial charge in [-0.3, -0.25) is 9.78 Å². The number of nitrogens with zero attached hydrogens (tertiary/aromatic N) is 2. The second-order valence-electron chi connectivity index (χ2n) is 4.43. The first-order chi connectivity index (χ1) is 10.8. The van der Waals surface area contributed by atoms with Gasteiger partial charge in [0.2, 0.25) is 0 Å². The summed E-state index contributed by atoms with van der Waals surface area (Å²) in [6.07, 6.45) is 4.73. The number of rotatable bonds is 4. The SMILES string of the molecule is COc1c(/C=N/NC(=O)c2ccncc2)sc2ccccc12. The fourth-order valence-electron chi connectivity index (χ4n) is 2.05. The van der Waals surface area contributed by atoms with E-state index in [1.807, 2.05) is 24.3 Å². The van der Waals surface area contributed by atoms with Crippen molar-refractivity contribution in [1.82, 2.24) is 10.4 Å². The highest BCUT2D eigenvalue weighted by atomic mass is 32.1. The van der Waals surface area contributed by atoms with Crippen LogP contribution in [-0.2, 0) is 0 Å². The first-order valence-corrected chi connectivity index (χ1v) is 7.40. The predicted octanol–water partition coefficient (Wildman–Crippen LogP) is 3.07. The van der Waals surface area contributed by atoms with E-state index >= 15 is 0 Å². The third kappa shape index (κ3) is 2.82. The van der Waals surface area contributed by atoms with Crippen LogP contribution in [0.4, 0.5) is 0 Å². The average Bonchev–Trinajstić information content (AvgIpc) is 2.93. The van der Waals surface area contributed by atoms with Gasteiger partial charge in [0, 0.05) is 28.0 Å². The van der Waals surface area contributed by atoms with Gasteiger partial charge in [-0.15, -0.1) is 11.3 Å². The van der Waals surface area contributed by atoms with Crippen molar-refractivity contribution in [2.24, 2.45) is 5.10 Å². The molecule has 3 rings (SSSR count). The van der Waals surface area contributed by atoms with E-state index < -0.39 is 0 Å². The first kappa shape index (κ1) is 14.2. The minimum atomic E-state index is -0.279. The Morgan fingerprint density at radius 2 is 2.05 bits per heavy atom. The van der Waals surface area contributed by atoms with Crippen molar-refractivity contribution in [3.63, 3.8) is 0 Å². The number of ether oxygens (including phenoxy) is 1. The lowest BCUT2D eigenvalue weighted by atomic mass is 10.2. The second kappa shape index (κ2) is 6.36. The molecule has 22 heavy (non-hydrogen) atoms. The van der Waals surface area contributed by atoms with Gasteiger partial charge in [0.15, 0.2) is 0 Å². The third-order valence-corrected chi connectivity index (χ3v) is 4.16. The fraction of sp³-hybridized carbons (Fsp3) is 0.0625. The number of amides is 1. The van der Waals surface area contributed by atoms with Crippen LogP contribution in [-0.4, -0.2) is 24.2 Å². The molecular weight excluding hydrogens is 298 g/mol. The molecule has 2 aromatic heterocycles. The van der Waals surface area contributed by atoms with Gasteiger partial charge in [0.05, 0.1) is 18.2 Å². The molecule has 2 heterocycles. The fourth-order valence-corrected chi connectivity index (χ4v) is 3.10. The van der Waals surface area contributed by atoms with E-state index in [1.165, 1.54) is 0 Å². The zero-order valence-corrected chi connectivity index (χ0v) is 12.6. The molecule has 0 spiro atoms. The highest BCUT2D eigenvalue weighted by Gasteiger charge is 2.10. The molecule has 0 aliphatic carbocycles. The number of benzene rings is 1.